The smallest absolute Gasteiger partial charge is 0.328 e. The normalized spacial score (nSPS) is 21.1. The predicted molar refractivity (Wildman–Crippen MR) is 74.4 cm³/mol. The molecule has 1 fully saturated rings. The maximum absolute atomic E-state index is 12.4. The summed E-state index contributed by atoms with van der Waals surface area (Å²) in [4.78, 5) is 37.3. The summed E-state index contributed by atoms with van der Waals surface area (Å²) in [5, 5.41) is 0. The molecule has 6 nitrogen and oxygen atoms in total. The van der Waals surface area contributed by atoms with Crippen molar-refractivity contribution in [1.82, 2.24) is 4.90 Å². The number of carbonyl (C=O) groups is 3. The van der Waals surface area contributed by atoms with Gasteiger partial charge in [-0.2, -0.15) is 0 Å². The van der Waals surface area contributed by atoms with Crippen molar-refractivity contribution < 1.29 is 23.9 Å². The number of thiophene rings is 1. The van der Waals surface area contributed by atoms with Crippen LogP contribution >= 0.6 is 27.3 Å². The topological polar surface area (TPSA) is 72.9 Å². The van der Waals surface area contributed by atoms with Crippen molar-refractivity contribution >= 4 is 45.1 Å². The second-order valence-electron chi connectivity index (χ2n) is 4.13. The first-order valence-electron chi connectivity index (χ1n) is 5.73. The van der Waals surface area contributed by atoms with Crippen LogP contribution in [0.3, 0.4) is 0 Å². The van der Waals surface area contributed by atoms with Crippen LogP contribution in [0.4, 0.5) is 0 Å². The number of rotatable bonds is 3. The molecular weight excluding hydrogens is 350 g/mol. The van der Waals surface area contributed by atoms with E-state index in [1.807, 2.05) is 0 Å². The Balaban J connectivity index is 2.24. The summed E-state index contributed by atoms with van der Waals surface area (Å²) >= 11 is 4.51. The molecule has 1 aromatic rings. The van der Waals surface area contributed by atoms with Crippen LogP contribution in [0, 0.1) is 0 Å². The summed E-state index contributed by atoms with van der Waals surface area (Å²) in [6.45, 7) is 0. The number of esters is 2. The molecule has 2 heterocycles. The number of carbonyl (C=O) groups excluding carboxylic acids is 3. The van der Waals surface area contributed by atoms with Gasteiger partial charge in [-0.25, -0.2) is 9.59 Å². The van der Waals surface area contributed by atoms with Gasteiger partial charge >= 0.3 is 11.9 Å². The van der Waals surface area contributed by atoms with E-state index in [-0.39, 0.29) is 12.3 Å². The van der Waals surface area contributed by atoms with Crippen LogP contribution in [-0.4, -0.2) is 49.0 Å². The highest BCUT2D eigenvalue weighted by atomic mass is 79.9. The number of hydrogen-bond acceptors (Lipinski definition) is 6. The van der Waals surface area contributed by atoms with Crippen molar-refractivity contribution in [3.8, 4) is 0 Å². The molecule has 108 valence electrons. The minimum Gasteiger partial charge on any atom is -0.467 e. The molecule has 0 bridgehead atoms. The van der Waals surface area contributed by atoms with Crippen molar-refractivity contribution in [2.45, 2.75) is 18.5 Å². The lowest BCUT2D eigenvalue weighted by molar-refractivity contribution is -0.163. The van der Waals surface area contributed by atoms with Gasteiger partial charge in [0.1, 0.15) is 12.1 Å². The highest BCUT2D eigenvalue weighted by Gasteiger charge is 2.51. The summed E-state index contributed by atoms with van der Waals surface area (Å²) in [6, 6.07) is 1.89. The molecule has 0 unspecified atom stereocenters. The third kappa shape index (κ3) is 2.57. The third-order valence-corrected chi connectivity index (χ3v) is 4.69. The molecule has 2 rings (SSSR count). The van der Waals surface area contributed by atoms with Gasteiger partial charge in [-0.3, -0.25) is 4.79 Å². The lowest BCUT2D eigenvalue weighted by atomic mass is 9.92. The Morgan fingerprint density at radius 1 is 1.20 bits per heavy atom. The molecule has 0 aromatic carbocycles. The lowest BCUT2D eigenvalue weighted by Gasteiger charge is -2.44. The second kappa shape index (κ2) is 5.92. The molecule has 1 aromatic heterocycles. The van der Waals surface area contributed by atoms with E-state index < -0.39 is 24.0 Å². The standard InChI is InChI=1S/C12H12BrNO5S/c1-18-11(16)6-5-7(12(17)19-2)14(6)10(15)8-3-4-9(13)20-8/h3-4,6-7H,5H2,1-2H3/t6-,7+. The first kappa shape index (κ1) is 15.0. The number of methoxy groups -OCH3 is 2. The number of likely N-dealkylation sites (tertiary alicyclic amines) is 1. The molecule has 1 aliphatic heterocycles. The van der Waals surface area contributed by atoms with E-state index in [1.165, 1.54) is 30.5 Å². The van der Waals surface area contributed by atoms with Crippen LogP contribution in [0.15, 0.2) is 15.9 Å². The Morgan fingerprint density at radius 2 is 1.75 bits per heavy atom. The maximum atomic E-state index is 12.4. The van der Waals surface area contributed by atoms with Crippen LogP contribution in [0.2, 0.25) is 0 Å². The van der Waals surface area contributed by atoms with E-state index in [4.69, 9.17) is 0 Å². The molecule has 8 heteroatoms. The third-order valence-electron chi connectivity index (χ3n) is 3.08. The monoisotopic (exact) mass is 361 g/mol. The van der Waals surface area contributed by atoms with Gasteiger partial charge in [-0.15, -0.1) is 11.3 Å². The molecule has 0 aliphatic carbocycles. The van der Waals surface area contributed by atoms with Crippen LogP contribution in [-0.2, 0) is 19.1 Å². The highest BCUT2D eigenvalue weighted by molar-refractivity contribution is 9.11. The van der Waals surface area contributed by atoms with Crippen molar-refractivity contribution in [2.75, 3.05) is 14.2 Å². The Kier molecular flexibility index (Phi) is 4.44. The largest absolute Gasteiger partial charge is 0.467 e. The van der Waals surface area contributed by atoms with E-state index in [2.05, 4.69) is 25.4 Å². The average molecular weight is 362 g/mol. The number of amides is 1. The fraction of sp³-hybridized carbons (Fsp3) is 0.417. The predicted octanol–water partition coefficient (Wildman–Crippen LogP) is 1.44. The molecule has 1 saturated heterocycles. The molecule has 0 saturated carbocycles. The van der Waals surface area contributed by atoms with E-state index in [9.17, 15) is 14.4 Å². The van der Waals surface area contributed by atoms with E-state index in [0.717, 1.165) is 3.79 Å². The van der Waals surface area contributed by atoms with Crippen molar-refractivity contribution in [3.05, 3.63) is 20.8 Å². The number of halogens is 1. The van der Waals surface area contributed by atoms with Gasteiger partial charge in [0.15, 0.2) is 0 Å². The molecule has 0 radical (unpaired) electrons. The zero-order valence-electron chi connectivity index (χ0n) is 10.8. The van der Waals surface area contributed by atoms with Gasteiger partial charge in [0.2, 0.25) is 0 Å². The summed E-state index contributed by atoms with van der Waals surface area (Å²) in [5.41, 5.74) is 0. The number of ether oxygens (including phenoxy) is 2. The quantitative estimate of drug-likeness (QED) is 0.761. The van der Waals surface area contributed by atoms with Crippen molar-refractivity contribution in [3.63, 3.8) is 0 Å². The van der Waals surface area contributed by atoms with E-state index in [1.54, 1.807) is 12.1 Å². The first-order valence-corrected chi connectivity index (χ1v) is 7.34. The van der Waals surface area contributed by atoms with Gasteiger partial charge in [0.25, 0.3) is 5.91 Å². The Bertz CT molecular complexity index is 536. The summed E-state index contributed by atoms with van der Waals surface area (Å²) in [5.74, 6) is -1.44. The zero-order chi connectivity index (χ0) is 14.9. The van der Waals surface area contributed by atoms with Crippen LogP contribution in [0.5, 0.6) is 0 Å². The average Bonchev–Trinajstić information content (AvgIpc) is 2.83. The molecule has 0 spiro atoms. The minimum atomic E-state index is -0.738. The summed E-state index contributed by atoms with van der Waals surface area (Å²) in [6.07, 6.45) is 0.220. The Hall–Kier alpha value is -1.41. The molecule has 20 heavy (non-hydrogen) atoms. The Morgan fingerprint density at radius 3 is 2.15 bits per heavy atom. The first-order chi connectivity index (χ1) is 9.49. The van der Waals surface area contributed by atoms with Gasteiger partial charge in [-0.1, -0.05) is 0 Å². The van der Waals surface area contributed by atoms with Crippen LogP contribution < -0.4 is 0 Å². The van der Waals surface area contributed by atoms with Crippen LogP contribution in [0.25, 0.3) is 0 Å². The number of nitrogens with zero attached hydrogens (tertiary/aromatic N) is 1. The van der Waals surface area contributed by atoms with Gasteiger partial charge in [0, 0.05) is 6.42 Å². The molecule has 1 aliphatic rings. The zero-order valence-corrected chi connectivity index (χ0v) is 13.2. The second-order valence-corrected chi connectivity index (χ2v) is 6.59. The highest BCUT2D eigenvalue weighted by Crippen LogP contribution is 2.32. The molecule has 0 N–H and O–H groups in total. The van der Waals surface area contributed by atoms with Gasteiger partial charge < -0.3 is 14.4 Å². The fourth-order valence-corrected chi connectivity index (χ4v) is 3.38. The SMILES string of the molecule is COC(=O)[C@H]1C[C@@H](C(=O)OC)N1C(=O)c1ccc(Br)s1. The van der Waals surface area contributed by atoms with E-state index >= 15 is 0 Å². The lowest BCUT2D eigenvalue weighted by Crippen LogP contribution is -2.64. The molecular formula is C12H12BrNO5S. The van der Waals surface area contributed by atoms with Crippen LogP contribution in [0.1, 0.15) is 16.1 Å². The van der Waals surface area contributed by atoms with E-state index in [0.29, 0.717) is 4.88 Å². The van der Waals surface area contributed by atoms with Gasteiger partial charge in [-0.05, 0) is 28.1 Å². The fourth-order valence-electron chi connectivity index (χ4n) is 2.05. The summed E-state index contributed by atoms with van der Waals surface area (Å²) in [7, 11) is 2.50. The maximum Gasteiger partial charge on any atom is 0.328 e. The van der Waals surface area contributed by atoms with Gasteiger partial charge in [0.05, 0.1) is 22.9 Å². The van der Waals surface area contributed by atoms with Crippen molar-refractivity contribution in [2.24, 2.45) is 0 Å². The number of hydrogen-bond donors (Lipinski definition) is 0. The molecule has 2 atom stereocenters. The van der Waals surface area contributed by atoms with Crippen molar-refractivity contribution in [1.29, 1.82) is 0 Å². The summed E-state index contributed by atoms with van der Waals surface area (Å²) < 4.78 is 10.1. The molecule has 1 amide bonds. The minimum absolute atomic E-state index is 0.220. The Labute approximate surface area is 127 Å².